The van der Waals surface area contributed by atoms with Crippen LogP contribution in [0.2, 0.25) is 0 Å². The molecular formula is C24H26N6O3. The highest BCUT2D eigenvalue weighted by Gasteiger charge is 2.28. The molecule has 0 aromatic carbocycles. The lowest BCUT2D eigenvalue weighted by Gasteiger charge is -2.27. The third kappa shape index (κ3) is 5.02. The van der Waals surface area contributed by atoms with Crippen molar-refractivity contribution in [1.82, 2.24) is 20.3 Å². The zero-order valence-corrected chi connectivity index (χ0v) is 18.1. The first-order valence-electron chi connectivity index (χ1n) is 11.3. The van der Waals surface area contributed by atoms with Gasteiger partial charge in [-0.15, -0.1) is 0 Å². The molecule has 2 aliphatic carbocycles. The molecule has 2 saturated carbocycles. The number of nitrogens with zero attached hydrogens (tertiary/aromatic N) is 3. The molecule has 3 heterocycles. The van der Waals surface area contributed by atoms with Crippen LogP contribution in [-0.4, -0.2) is 44.0 Å². The molecule has 0 unspecified atom stereocenters. The highest BCUT2D eigenvalue weighted by molar-refractivity contribution is 6.00. The van der Waals surface area contributed by atoms with E-state index in [1.54, 1.807) is 18.6 Å². The van der Waals surface area contributed by atoms with Gasteiger partial charge in [0, 0.05) is 42.1 Å². The summed E-state index contributed by atoms with van der Waals surface area (Å²) >= 11 is 0. The second-order valence-electron chi connectivity index (χ2n) is 8.78. The molecule has 4 N–H and O–H groups in total. The Bertz CT molecular complexity index is 1190. The molecule has 0 saturated heterocycles. The number of anilines is 3. The number of carboxylic acid groups (broad SMARTS) is 1. The van der Waals surface area contributed by atoms with E-state index in [4.69, 9.17) is 0 Å². The molecule has 1 amide bonds. The van der Waals surface area contributed by atoms with E-state index in [2.05, 4.69) is 30.9 Å². The van der Waals surface area contributed by atoms with E-state index in [0.717, 1.165) is 29.4 Å². The van der Waals surface area contributed by atoms with Crippen LogP contribution in [0.25, 0.3) is 10.9 Å². The quantitative estimate of drug-likeness (QED) is 0.432. The van der Waals surface area contributed by atoms with Crippen LogP contribution < -0.4 is 16.0 Å². The van der Waals surface area contributed by atoms with Gasteiger partial charge in [-0.2, -0.15) is 0 Å². The largest absolute Gasteiger partial charge is 0.481 e. The standard InChI is InChI=1S/C24H26N6O3/c31-23(28-17-4-1-14(2-5-17)24(32)33)18-13-26-22(11-20(18)27-16-6-7-16)30-21-8-3-15-12-25-10-9-19(15)29-21/h3,8-14,16-17H,1-2,4-7H2,(H,28,31)(H,32,33)(H2,26,27,29,30). The molecule has 170 valence electrons. The van der Waals surface area contributed by atoms with Gasteiger partial charge in [-0.05, 0) is 56.7 Å². The Kier molecular flexibility index (Phi) is 5.77. The zero-order valence-electron chi connectivity index (χ0n) is 18.1. The Morgan fingerprint density at radius 3 is 2.48 bits per heavy atom. The van der Waals surface area contributed by atoms with Crippen molar-refractivity contribution in [1.29, 1.82) is 0 Å². The maximum atomic E-state index is 13.0. The number of rotatable bonds is 7. The number of carbonyl (C=O) groups excluding carboxylic acids is 1. The second kappa shape index (κ2) is 9.01. The lowest BCUT2D eigenvalue weighted by atomic mass is 9.86. The smallest absolute Gasteiger partial charge is 0.306 e. The van der Waals surface area contributed by atoms with Crippen LogP contribution in [0, 0.1) is 5.92 Å². The fraction of sp³-hybridized carbons (Fsp3) is 0.375. The van der Waals surface area contributed by atoms with Gasteiger partial charge in [0.25, 0.3) is 5.91 Å². The number of aromatic nitrogens is 3. The average Bonchev–Trinajstić information content (AvgIpc) is 3.63. The van der Waals surface area contributed by atoms with E-state index in [1.165, 1.54) is 0 Å². The first-order chi connectivity index (χ1) is 16.0. The van der Waals surface area contributed by atoms with E-state index in [9.17, 15) is 14.7 Å². The minimum atomic E-state index is -0.749. The molecule has 0 spiro atoms. The molecule has 0 bridgehead atoms. The molecule has 9 nitrogen and oxygen atoms in total. The number of fused-ring (bicyclic) bond motifs is 1. The number of aliphatic carboxylic acids is 1. The number of amides is 1. The van der Waals surface area contributed by atoms with Gasteiger partial charge in [0.2, 0.25) is 0 Å². The maximum absolute atomic E-state index is 13.0. The Hall–Kier alpha value is -3.75. The lowest BCUT2D eigenvalue weighted by Crippen LogP contribution is -2.39. The summed E-state index contributed by atoms with van der Waals surface area (Å²) in [5.74, 6) is 0.00801. The monoisotopic (exact) mass is 446 g/mol. The van der Waals surface area contributed by atoms with Crippen LogP contribution in [0.15, 0.2) is 42.9 Å². The van der Waals surface area contributed by atoms with Gasteiger partial charge in [0.1, 0.15) is 11.6 Å². The first-order valence-corrected chi connectivity index (χ1v) is 11.3. The number of hydrogen-bond acceptors (Lipinski definition) is 7. The van der Waals surface area contributed by atoms with Gasteiger partial charge in [-0.3, -0.25) is 14.6 Å². The number of carbonyl (C=O) groups is 2. The van der Waals surface area contributed by atoms with Crippen LogP contribution in [0.1, 0.15) is 48.9 Å². The fourth-order valence-electron chi connectivity index (χ4n) is 4.19. The summed E-state index contributed by atoms with van der Waals surface area (Å²) in [6.45, 7) is 0. The Balaban J connectivity index is 1.31. The highest BCUT2D eigenvalue weighted by atomic mass is 16.4. The summed E-state index contributed by atoms with van der Waals surface area (Å²) < 4.78 is 0. The maximum Gasteiger partial charge on any atom is 0.306 e. The van der Waals surface area contributed by atoms with Crippen molar-refractivity contribution < 1.29 is 14.7 Å². The first kappa shape index (κ1) is 21.1. The number of nitrogens with one attached hydrogen (secondary N) is 3. The molecular weight excluding hydrogens is 420 g/mol. The van der Waals surface area contributed by atoms with Crippen LogP contribution in [-0.2, 0) is 4.79 Å². The molecule has 0 radical (unpaired) electrons. The van der Waals surface area contributed by atoms with Gasteiger partial charge in [0.05, 0.1) is 22.7 Å². The molecule has 3 aromatic heterocycles. The molecule has 2 aliphatic rings. The number of pyridine rings is 3. The van der Waals surface area contributed by atoms with Crippen LogP contribution in [0.5, 0.6) is 0 Å². The normalized spacial score (nSPS) is 20.2. The summed E-state index contributed by atoms with van der Waals surface area (Å²) in [4.78, 5) is 37.3. The predicted molar refractivity (Wildman–Crippen MR) is 125 cm³/mol. The summed E-state index contributed by atoms with van der Waals surface area (Å²) in [5.41, 5.74) is 2.06. The topological polar surface area (TPSA) is 129 Å². The van der Waals surface area contributed by atoms with Crippen molar-refractivity contribution in [3.8, 4) is 0 Å². The van der Waals surface area contributed by atoms with Gasteiger partial charge in [-0.1, -0.05) is 0 Å². The molecule has 5 rings (SSSR count). The molecule has 0 atom stereocenters. The van der Waals surface area contributed by atoms with Crippen molar-refractivity contribution >= 4 is 40.1 Å². The van der Waals surface area contributed by atoms with Crippen molar-refractivity contribution in [3.05, 3.63) is 48.4 Å². The summed E-state index contributed by atoms with van der Waals surface area (Å²) in [7, 11) is 0. The van der Waals surface area contributed by atoms with Crippen LogP contribution in [0.3, 0.4) is 0 Å². The lowest BCUT2D eigenvalue weighted by molar-refractivity contribution is -0.142. The Morgan fingerprint density at radius 1 is 0.939 bits per heavy atom. The van der Waals surface area contributed by atoms with Gasteiger partial charge in [0.15, 0.2) is 0 Å². The van der Waals surface area contributed by atoms with Crippen LogP contribution in [0.4, 0.5) is 17.3 Å². The van der Waals surface area contributed by atoms with Crippen molar-refractivity contribution in [2.75, 3.05) is 10.6 Å². The van der Waals surface area contributed by atoms with Crippen molar-refractivity contribution in [2.24, 2.45) is 5.92 Å². The molecule has 3 aromatic rings. The Labute approximate surface area is 191 Å². The van der Waals surface area contributed by atoms with Crippen molar-refractivity contribution in [2.45, 2.75) is 50.6 Å². The minimum Gasteiger partial charge on any atom is -0.481 e. The van der Waals surface area contributed by atoms with E-state index in [-0.39, 0.29) is 17.9 Å². The number of hydrogen-bond donors (Lipinski definition) is 4. The average molecular weight is 447 g/mol. The predicted octanol–water partition coefficient (Wildman–Crippen LogP) is 3.72. The third-order valence-electron chi connectivity index (χ3n) is 6.24. The number of carboxylic acids is 1. The molecule has 9 heteroatoms. The SMILES string of the molecule is O=C(NC1CCC(C(=O)O)CC1)c1cnc(Nc2ccc3cnccc3n2)cc1NC1CC1. The van der Waals surface area contributed by atoms with Gasteiger partial charge in [-0.25, -0.2) is 9.97 Å². The summed E-state index contributed by atoms with van der Waals surface area (Å²) in [5, 5.41) is 19.9. The third-order valence-corrected chi connectivity index (χ3v) is 6.24. The molecule has 33 heavy (non-hydrogen) atoms. The fourth-order valence-corrected chi connectivity index (χ4v) is 4.19. The summed E-state index contributed by atoms with van der Waals surface area (Å²) in [6.07, 6.45) is 9.72. The van der Waals surface area contributed by atoms with Crippen LogP contribution >= 0.6 is 0 Å². The zero-order chi connectivity index (χ0) is 22.8. The molecule has 2 fully saturated rings. The molecule has 0 aliphatic heterocycles. The van der Waals surface area contributed by atoms with Gasteiger partial charge < -0.3 is 21.1 Å². The Morgan fingerprint density at radius 2 is 1.73 bits per heavy atom. The second-order valence-corrected chi connectivity index (χ2v) is 8.78. The van der Waals surface area contributed by atoms with Crippen molar-refractivity contribution in [3.63, 3.8) is 0 Å². The summed E-state index contributed by atoms with van der Waals surface area (Å²) in [6, 6.07) is 7.86. The van der Waals surface area contributed by atoms with E-state index in [1.807, 2.05) is 24.3 Å². The van der Waals surface area contributed by atoms with Gasteiger partial charge >= 0.3 is 5.97 Å². The minimum absolute atomic E-state index is 0.0176. The van der Waals surface area contributed by atoms with E-state index >= 15 is 0 Å². The van der Waals surface area contributed by atoms with E-state index < -0.39 is 5.97 Å². The highest BCUT2D eigenvalue weighted by Crippen LogP contribution is 2.30. The van der Waals surface area contributed by atoms with E-state index in [0.29, 0.717) is 48.9 Å².